The van der Waals surface area contributed by atoms with Crippen LogP contribution in [0.3, 0.4) is 0 Å². The van der Waals surface area contributed by atoms with Crippen LogP contribution in [0.4, 0.5) is 61.7 Å². The zero-order valence-corrected chi connectivity index (χ0v) is 83.1. The van der Waals surface area contributed by atoms with Gasteiger partial charge in [0, 0.05) is 100 Å². The number of carbonyl (C=O) groups excluding carboxylic acids is 8. The van der Waals surface area contributed by atoms with E-state index in [9.17, 15) is 56.3 Å². The number of hydrogen-bond donors (Lipinski definition) is 7. The van der Waals surface area contributed by atoms with E-state index in [4.69, 9.17) is 59.1 Å². The Morgan fingerprint density at radius 2 is 0.941 bits per heavy atom. The van der Waals surface area contributed by atoms with Gasteiger partial charge in [0.1, 0.15) is 44.7 Å². The highest BCUT2D eigenvalue weighted by Gasteiger charge is 2.60. The van der Waals surface area contributed by atoms with Gasteiger partial charge in [-0.2, -0.15) is 21.6 Å². The zero-order chi connectivity index (χ0) is 99.3. The van der Waals surface area contributed by atoms with Crippen LogP contribution in [-0.4, -0.2) is 184 Å². The number of nitrogens with one attached hydrogen (secondary N) is 4. The van der Waals surface area contributed by atoms with Gasteiger partial charge in [-0.3, -0.25) is 33.3 Å². The number of nitrogens with two attached hydrogens (primary N) is 1. The van der Waals surface area contributed by atoms with Crippen LogP contribution in [0.1, 0.15) is 113 Å². The van der Waals surface area contributed by atoms with Crippen molar-refractivity contribution in [3.63, 3.8) is 0 Å². The maximum absolute atomic E-state index is 13.5. The molecule has 9 aromatic carbocycles. The van der Waals surface area contributed by atoms with Gasteiger partial charge < -0.3 is 85.0 Å². The van der Waals surface area contributed by atoms with Crippen LogP contribution in [0.5, 0.6) is 17.2 Å². The van der Waals surface area contributed by atoms with Crippen molar-refractivity contribution in [1.82, 2.24) is 20.0 Å². The third-order valence-electron chi connectivity index (χ3n) is 23.3. The lowest BCUT2D eigenvalue weighted by atomic mass is 9.75. The number of carboxylic acids is 1. The van der Waals surface area contributed by atoms with Gasteiger partial charge >= 0.3 is 39.9 Å². The van der Waals surface area contributed by atoms with E-state index in [-0.39, 0.29) is 71.0 Å². The number of hydrogen-bond acceptors (Lipinski definition) is 19. The molecule has 2 aliphatic carbocycles. The highest BCUT2D eigenvalue weighted by Crippen LogP contribution is 2.49. The number of carboxylic acid groups (broad SMARTS) is 1. The Labute approximate surface area is 819 Å². The number of ether oxygens (including phenoxy) is 6. The zero-order valence-electron chi connectivity index (χ0n) is 76.7. The molecule has 0 radical (unpaired) electrons. The van der Waals surface area contributed by atoms with Crippen molar-refractivity contribution >= 4 is 157 Å². The summed E-state index contributed by atoms with van der Waals surface area (Å²) in [4.78, 5) is 116. The Hall–Kier alpha value is -11.8. The van der Waals surface area contributed by atoms with E-state index < -0.39 is 43.6 Å². The molecule has 9 aromatic rings. The van der Waals surface area contributed by atoms with Crippen LogP contribution < -0.4 is 51.0 Å². The monoisotopic (exact) mass is 2100 g/mol. The van der Waals surface area contributed by atoms with Gasteiger partial charge in [0.25, 0.3) is 0 Å². The number of para-hydroxylation sites is 6. The predicted molar refractivity (Wildman–Crippen MR) is 524 cm³/mol. The smallest absolute Gasteiger partial charge is 0.497 e. The molecule has 726 valence electrons. The van der Waals surface area contributed by atoms with Gasteiger partial charge in [0.15, 0.2) is 0 Å². The molecule has 8 N–H and O–H groups in total. The fourth-order valence-corrected chi connectivity index (χ4v) is 16.5. The highest BCUT2D eigenvalue weighted by atomic mass is 79.9. The molecule has 29 nitrogen and oxygen atoms in total. The molecule has 6 fully saturated rings. The molecule has 7 aliphatic heterocycles. The summed E-state index contributed by atoms with van der Waals surface area (Å²) >= 11 is 15.8. The molecular weight excluding hydrogens is 2000 g/mol. The molecule has 3 spiro atoms. The second kappa shape index (κ2) is 46.8. The number of anilines is 6. The molecule has 8 amide bonds. The Morgan fingerprint density at radius 1 is 0.522 bits per heavy atom. The number of benzene rings is 9. The van der Waals surface area contributed by atoms with Crippen LogP contribution >= 0.6 is 59.4 Å². The molecule has 136 heavy (non-hydrogen) atoms. The van der Waals surface area contributed by atoms with Crippen LogP contribution in [0, 0.1) is 17.8 Å². The first-order valence-electron chi connectivity index (χ1n) is 43.5. The van der Waals surface area contributed by atoms with E-state index in [1.807, 2.05) is 265 Å². The van der Waals surface area contributed by atoms with Gasteiger partial charge in [-0.05, 0) is 239 Å². The summed E-state index contributed by atoms with van der Waals surface area (Å²) in [6, 6.07) is 69.4. The van der Waals surface area contributed by atoms with Crippen molar-refractivity contribution in [3.8, 4) is 17.2 Å². The summed E-state index contributed by atoms with van der Waals surface area (Å²) in [7, 11) is 0.406. The topological polar surface area (TPSA) is 374 Å². The molecule has 0 aromatic heterocycles. The quantitative estimate of drug-likeness (QED) is 0.0185. The van der Waals surface area contributed by atoms with E-state index in [2.05, 4.69) is 73.8 Å². The van der Waals surface area contributed by atoms with Crippen molar-refractivity contribution in [3.05, 3.63) is 265 Å². The fraction of sp³-hybridized carbons (Fsp3) is 0.364. The first-order valence-corrected chi connectivity index (χ1v) is 47.8. The first kappa shape index (κ1) is 106. The van der Waals surface area contributed by atoms with Crippen LogP contribution in [0.25, 0.3) is 0 Å². The molecule has 18 rings (SSSR count). The molecule has 2 saturated carbocycles. The lowest BCUT2D eigenvalue weighted by Crippen LogP contribution is -2.65. The molecule has 0 bridgehead atoms. The summed E-state index contributed by atoms with van der Waals surface area (Å²) in [6.45, 7) is 15.7. The van der Waals surface area contributed by atoms with E-state index in [1.54, 1.807) is 36.0 Å². The van der Waals surface area contributed by atoms with Crippen molar-refractivity contribution < 1.29 is 103 Å². The van der Waals surface area contributed by atoms with Crippen molar-refractivity contribution in [2.24, 2.45) is 17.8 Å². The fourth-order valence-electron chi connectivity index (χ4n) is 15.2. The predicted octanol–water partition coefficient (Wildman–Crippen LogP) is 18.9. The van der Waals surface area contributed by atoms with E-state index in [0.717, 1.165) is 143 Å². The minimum absolute atomic E-state index is 0.000000000000000444. The van der Waals surface area contributed by atoms with Crippen molar-refractivity contribution in [2.75, 3.05) is 112 Å². The molecule has 0 unspecified atom stereocenters. The van der Waals surface area contributed by atoms with Crippen LogP contribution in [0.15, 0.2) is 232 Å². The highest BCUT2D eigenvalue weighted by molar-refractivity contribution is 9.11. The van der Waals surface area contributed by atoms with Crippen molar-refractivity contribution in [2.45, 2.75) is 132 Å². The Balaban J connectivity index is 0.000000166. The normalized spacial score (nSPS) is 16.1. The summed E-state index contributed by atoms with van der Waals surface area (Å²) in [5.74, 6) is 2.63. The van der Waals surface area contributed by atoms with E-state index in [0.29, 0.717) is 58.2 Å². The Morgan fingerprint density at radius 3 is 1.36 bits per heavy atom. The standard InChI is InChI=1S/C23H27BrN2O4.C23H26N2O4.C12H12N2O3.C11H12BrNO.C10H10N2O.C8H9ClO.C6H6BrN.C5H8O2.CHF3O3S/c1-23(2,3)30-22(28)25-14-17(15-25)21(27)26(20-8-6-5-7-19(20)24)13-16-9-11-18(29-4)12-10-16;1-22(2,3)29-21(27)24-14-23(15-24)18-7-5-6-8-19(18)25(20(23)26)13-16-9-11-17(28-4)12-10-16;1-17-11(16)14-6-12(7-14)8-4-2-3-5-9(8)13-10(12)15;12-9-6-1-2-7-10(9)13-11(14)8-4-3-5-8;13-9-10(5-11-6-10)7-3-1-2-4-8(7)12-9;1-10-8-4-2-7(6-9)3-5-8;7-5-3-1-2-4-6(5)8;6-5(7)4-2-1-3-4;2-1(3,4)8(5,6)7/h5-12,17H,13-15H2,1-4H3;5-12H,13-15H2,1-4H3;2-5H,6-7H2,1H3,(H,13,15);1-2,6-8H,3-5H2,(H,13,14);1-4,11H,5-6H2,(H,12,13);2-5H,6H2,1H3;1-4H,8H2;4H,1-3H2,(H,6,7);(H,5,6,7). The molecule has 0 atom stereocenters. The number of methoxy groups -OCH3 is 4. The third kappa shape index (κ3) is 27.1. The largest absolute Gasteiger partial charge is 0.522 e. The number of rotatable bonds is 13. The Bertz CT molecular complexity index is 5770. The van der Waals surface area contributed by atoms with Gasteiger partial charge in [-0.1, -0.05) is 140 Å². The second-order valence-corrected chi connectivity index (χ2v) is 39.3. The van der Waals surface area contributed by atoms with Crippen LogP contribution in [0.2, 0.25) is 0 Å². The Kier molecular flexibility index (Phi) is 36.6. The summed E-state index contributed by atoms with van der Waals surface area (Å²) in [5, 5.41) is 20.1. The minimum Gasteiger partial charge on any atom is -0.497 e. The average Bonchev–Trinajstić information content (AvgIpc) is 1.55. The maximum Gasteiger partial charge on any atom is 0.522 e. The molecule has 37 heteroatoms. The lowest BCUT2D eigenvalue weighted by Gasteiger charge is -2.46. The lowest BCUT2D eigenvalue weighted by molar-refractivity contribution is -0.144. The van der Waals surface area contributed by atoms with Gasteiger partial charge in [-0.25, -0.2) is 14.4 Å². The van der Waals surface area contributed by atoms with E-state index in [1.165, 1.54) is 18.4 Å². The number of carbonyl (C=O) groups is 9. The van der Waals surface area contributed by atoms with E-state index >= 15 is 0 Å². The molecule has 7 heterocycles. The number of likely N-dealkylation sites (tertiary alicyclic amines) is 3. The minimum atomic E-state index is -5.84. The third-order valence-corrected chi connectivity index (χ3v) is 26.2. The van der Waals surface area contributed by atoms with Crippen LogP contribution in [-0.2, 0) is 88.3 Å². The molecule has 9 aliphatic rings. The first-order chi connectivity index (χ1) is 64.4. The number of fused-ring (bicyclic) bond motifs is 6. The molecule has 4 saturated heterocycles. The average molecular weight is 2110 g/mol. The number of alkyl halides is 4. The van der Waals surface area contributed by atoms with Crippen molar-refractivity contribution in [1.29, 1.82) is 0 Å². The summed E-state index contributed by atoms with van der Waals surface area (Å²) in [5.41, 5.74) is 8.76. The van der Waals surface area contributed by atoms with Gasteiger partial charge in [-0.15, -0.1) is 11.6 Å². The SMILES string of the molecule is COC(=O)N1CC2(C1)C(=O)Nc1ccccc12.COc1ccc(CCl)cc1.COc1ccc(CN(C(=O)C2CN(C(=O)OC(C)(C)C)C2)c2ccccc2Br)cc1.COc1ccc(CN2C(=O)C3(CN(C(=O)OC(C)(C)C)C3)c3ccccc32)cc1.Nc1ccccc1Br.O=C(Nc1ccccc1Br)C1CCC1.O=C(O)C1CCC1.O=C1Nc2ccccc2C12CNC2.O=S(=O)(O)C(F)(F)F. The second-order valence-electron chi connectivity index (χ2n) is 35.1. The summed E-state index contributed by atoms with van der Waals surface area (Å²) in [6.07, 6.45) is 5.03. The maximum atomic E-state index is 13.5. The number of nitrogen functional groups attached to an aromatic ring is 1. The number of halogens is 7. The number of amides is 8. The molecular formula is C99H111Br3ClF3N10O19S. The van der Waals surface area contributed by atoms with Gasteiger partial charge in [0.2, 0.25) is 29.5 Å². The number of nitrogens with zero attached hydrogens (tertiary/aromatic N) is 5. The summed E-state index contributed by atoms with van der Waals surface area (Å²) < 4.78 is 91.2. The van der Waals surface area contributed by atoms with Gasteiger partial charge in [0.05, 0.1) is 64.7 Å². The number of aliphatic carboxylic acids is 1.